The largest absolute Gasteiger partial charge is 0.228 e. The first-order valence-electron chi connectivity index (χ1n) is 17.6. The van der Waals surface area contributed by atoms with Crippen molar-refractivity contribution in [3.8, 4) is 73.4 Å². The fraction of sp³-hybridized carbons (Fsp3) is 0.128. The van der Waals surface area contributed by atoms with E-state index in [-0.39, 0.29) is 5.41 Å². The van der Waals surface area contributed by atoms with Crippen LogP contribution < -0.4 is 0 Å². The number of rotatable bonds is 5. The molecule has 0 saturated heterocycles. The Morgan fingerprint density at radius 3 is 1.82 bits per heavy atom. The van der Waals surface area contributed by atoms with Crippen molar-refractivity contribution in [1.82, 2.24) is 9.97 Å². The second kappa shape index (κ2) is 12.4. The van der Waals surface area contributed by atoms with Gasteiger partial charge in [0.25, 0.3) is 0 Å². The third-order valence-electron chi connectivity index (χ3n) is 10.8. The fourth-order valence-corrected chi connectivity index (χ4v) is 8.39. The summed E-state index contributed by atoms with van der Waals surface area (Å²) in [6, 6.07) is 55.8. The second-order valence-electron chi connectivity index (χ2n) is 13.6. The fourth-order valence-electron chi connectivity index (χ4n) is 8.39. The van der Waals surface area contributed by atoms with Gasteiger partial charge in [0.1, 0.15) is 0 Å². The van der Waals surface area contributed by atoms with E-state index in [0.717, 1.165) is 57.6 Å². The first-order valence-corrected chi connectivity index (χ1v) is 17.6. The highest BCUT2D eigenvalue weighted by molar-refractivity contribution is 5.97. The van der Waals surface area contributed by atoms with Gasteiger partial charge in [0.2, 0.25) is 0 Å². The smallest absolute Gasteiger partial charge is 0.160 e. The maximum Gasteiger partial charge on any atom is 0.160 e. The van der Waals surface area contributed by atoms with Gasteiger partial charge in [-0.25, -0.2) is 9.97 Å². The van der Waals surface area contributed by atoms with E-state index in [4.69, 9.17) is 9.97 Å². The summed E-state index contributed by atoms with van der Waals surface area (Å²) in [5.41, 5.74) is 15.6. The van der Waals surface area contributed by atoms with Crippen molar-refractivity contribution in [3.05, 3.63) is 168 Å². The van der Waals surface area contributed by atoms with Gasteiger partial charge in [0.15, 0.2) is 5.82 Å². The van der Waals surface area contributed by atoms with Crippen molar-refractivity contribution in [2.24, 2.45) is 0 Å². The van der Waals surface area contributed by atoms with Crippen molar-refractivity contribution in [2.45, 2.75) is 37.5 Å². The monoisotopic (exact) mass is 641 g/mol. The Bertz CT molecular complexity index is 2400. The minimum Gasteiger partial charge on any atom is -0.228 e. The van der Waals surface area contributed by atoms with Gasteiger partial charge in [-0.1, -0.05) is 153 Å². The van der Waals surface area contributed by atoms with Crippen LogP contribution in [0.3, 0.4) is 0 Å². The molecule has 0 atom stereocenters. The molecule has 0 unspecified atom stereocenters. The van der Waals surface area contributed by atoms with E-state index in [1.165, 1.54) is 52.6 Å². The van der Waals surface area contributed by atoms with Crippen LogP contribution in [-0.2, 0) is 5.41 Å². The van der Waals surface area contributed by atoms with Crippen molar-refractivity contribution in [1.29, 1.82) is 5.26 Å². The molecule has 2 aliphatic carbocycles. The summed E-state index contributed by atoms with van der Waals surface area (Å²) in [5, 5.41) is 9.88. The van der Waals surface area contributed by atoms with Gasteiger partial charge in [-0.15, -0.1) is 0 Å². The summed E-state index contributed by atoms with van der Waals surface area (Å²) in [5.74, 6) is 0.699. The van der Waals surface area contributed by atoms with Crippen LogP contribution in [0.25, 0.3) is 67.3 Å². The van der Waals surface area contributed by atoms with Crippen LogP contribution in [-0.4, -0.2) is 9.97 Å². The number of nitrogens with zero attached hydrogens (tertiary/aromatic N) is 3. The number of nitriles is 1. The van der Waals surface area contributed by atoms with Crippen LogP contribution in [0.1, 0.15) is 48.8 Å². The molecule has 1 aromatic heterocycles. The number of fused-ring (bicyclic) bond motifs is 5. The van der Waals surface area contributed by atoms with Crippen molar-refractivity contribution in [2.75, 3.05) is 0 Å². The van der Waals surface area contributed by atoms with Gasteiger partial charge in [-0.3, -0.25) is 0 Å². The Balaban J connectivity index is 1.22. The van der Waals surface area contributed by atoms with E-state index >= 15 is 0 Å². The van der Waals surface area contributed by atoms with Crippen LogP contribution in [0.4, 0.5) is 0 Å². The summed E-state index contributed by atoms with van der Waals surface area (Å²) < 4.78 is 0. The van der Waals surface area contributed by atoms with E-state index in [1.807, 2.05) is 18.2 Å². The zero-order valence-corrected chi connectivity index (χ0v) is 27.8. The normalized spacial score (nSPS) is 14.1. The Labute approximate surface area is 293 Å². The quantitative estimate of drug-likeness (QED) is 0.188. The second-order valence-corrected chi connectivity index (χ2v) is 13.6. The van der Waals surface area contributed by atoms with Gasteiger partial charge in [0, 0.05) is 22.1 Å². The zero-order chi connectivity index (χ0) is 33.5. The number of hydrogen-bond acceptors (Lipinski definition) is 3. The molecule has 1 heterocycles. The van der Waals surface area contributed by atoms with Crippen LogP contribution >= 0.6 is 0 Å². The Kier molecular flexibility index (Phi) is 7.44. The Hall–Kier alpha value is -6.11. The van der Waals surface area contributed by atoms with Crippen LogP contribution in [0.5, 0.6) is 0 Å². The van der Waals surface area contributed by atoms with Gasteiger partial charge in [-0.2, -0.15) is 5.26 Å². The first kappa shape index (κ1) is 30.0. The van der Waals surface area contributed by atoms with E-state index in [0.29, 0.717) is 5.82 Å². The molecule has 3 nitrogen and oxygen atoms in total. The topological polar surface area (TPSA) is 49.6 Å². The molecule has 3 heteroatoms. The van der Waals surface area contributed by atoms with Crippen LogP contribution in [0.15, 0.2) is 152 Å². The molecule has 0 amide bonds. The molecule has 0 bridgehead atoms. The molecular formula is C47H35N3. The minimum absolute atomic E-state index is 0.0464. The van der Waals surface area contributed by atoms with Crippen LogP contribution in [0.2, 0.25) is 0 Å². The Morgan fingerprint density at radius 1 is 0.460 bits per heavy atom. The molecule has 1 spiro atoms. The molecule has 0 radical (unpaired) electrons. The lowest BCUT2D eigenvalue weighted by Gasteiger charge is -2.36. The van der Waals surface area contributed by atoms with E-state index in [2.05, 4.69) is 140 Å². The average Bonchev–Trinajstić information content (AvgIpc) is 3.46. The summed E-state index contributed by atoms with van der Waals surface area (Å²) in [4.78, 5) is 10.4. The molecule has 1 fully saturated rings. The minimum atomic E-state index is -0.0464. The maximum atomic E-state index is 9.88. The Morgan fingerprint density at radius 2 is 1.08 bits per heavy atom. The van der Waals surface area contributed by atoms with E-state index in [9.17, 15) is 5.26 Å². The predicted molar refractivity (Wildman–Crippen MR) is 203 cm³/mol. The number of hydrogen-bond donors (Lipinski definition) is 0. The van der Waals surface area contributed by atoms with Crippen molar-refractivity contribution >= 4 is 0 Å². The lowest BCUT2D eigenvalue weighted by molar-refractivity contribution is 0.353. The molecule has 1 saturated carbocycles. The molecule has 2 aliphatic rings. The molecule has 6 aromatic carbocycles. The SMILES string of the molecule is N#Cc1ccc2c(c1)C1(CCCCC1)c1cccc(-c3ccccc3-c3cc(-c4ccccc4)nc(-c4ccc(-c5ccccc5)cc4)n3)c1-2. The summed E-state index contributed by atoms with van der Waals surface area (Å²) in [7, 11) is 0. The lowest BCUT2D eigenvalue weighted by atomic mass is 9.67. The van der Waals surface area contributed by atoms with Gasteiger partial charge in [-0.05, 0) is 75.5 Å². The summed E-state index contributed by atoms with van der Waals surface area (Å²) in [6.07, 6.45) is 5.91. The highest BCUT2D eigenvalue weighted by Gasteiger charge is 2.44. The molecule has 0 aliphatic heterocycles. The molecular weight excluding hydrogens is 607 g/mol. The summed E-state index contributed by atoms with van der Waals surface area (Å²) in [6.45, 7) is 0. The number of benzene rings is 6. The zero-order valence-electron chi connectivity index (χ0n) is 27.8. The van der Waals surface area contributed by atoms with Gasteiger partial charge in [0.05, 0.1) is 23.0 Å². The maximum absolute atomic E-state index is 9.88. The predicted octanol–water partition coefficient (Wildman–Crippen LogP) is 11.9. The van der Waals surface area contributed by atoms with Gasteiger partial charge < -0.3 is 0 Å². The lowest BCUT2D eigenvalue weighted by Crippen LogP contribution is -2.28. The van der Waals surface area contributed by atoms with E-state index < -0.39 is 0 Å². The average molecular weight is 642 g/mol. The third-order valence-corrected chi connectivity index (χ3v) is 10.8. The van der Waals surface area contributed by atoms with Crippen LogP contribution in [0, 0.1) is 11.3 Å². The molecule has 9 rings (SSSR count). The first-order chi connectivity index (χ1) is 24.7. The van der Waals surface area contributed by atoms with E-state index in [1.54, 1.807) is 0 Å². The molecule has 0 N–H and O–H groups in total. The highest BCUT2D eigenvalue weighted by atomic mass is 14.9. The standard InChI is InChI=1S/C47H35N3/c48-31-32-21-26-40-42(29-32)47(27-10-3-11-28-47)41-20-12-19-39(45(40)41)37-17-8-9-18-38(37)44-30-43(35-15-6-2-7-16-35)49-46(50-44)36-24-22-34(23-25-36)33-13-4-1-5-14-33/h1-2,4-9,12-26,29-30H,3,10-11,27-28H2. The third kappa shape index (κ3) is 5.04. The van der Waals surface area contributed by atoms with Gasteiger partial charge >= 0.3 is 0 Å². The summed E-state index contributed by atoms with van der Waals surface area (Å²) >= 11 is 0. The highest BCUT2D eigenvalue weighted by Crippen LogP contribution is 2.58. The molecule has 50 heavy (non-hydrogen) atoms. The molecule has 7 aromatic rings. The van der Waals surface area contributed by atoms with Crippen molar-refractivity contribution < 1.29 is 0 Å². The van der Waals surface area contributed by atoms with Crippen molar-refractivity contribution in [3.63, 3.8) is 0 Å². The number of aromatic nitrogens is 2. The molecule has 238 valence electrons.